The van der Waals surface area contributed by atoms with Crippen LogP contribution in [0.5, 0.6) is 11.5 Å². The summed E-state index contributed by atoms with van der Waals surface area (Å²) in [6, 6.07) is 71.5. The summed E-state index contributed by atoms with van der Waals surface area (Å²) in [5, 5.41) is 32.8. The first kappa shape index (κ1) is 39.2. The van der Waals surface area contributed by atoms with Crippen LogP contribution in [0, 0.1) is 0 Å². The smallest absolute Gasteiger partial charge is 0.872 e. The standard InChI is InChI=1S/2C18H15P.C12H8N2O2.Pt/c2*1-4-10-16(11-5-1)19(17-12-6-2-7-13-17)18-14-8-3-9-15-18;15-11-7-3-1-5-13-9(7)10-8(12(11)16)4-2-6-14-10;/h2*1-15H;1-6,15-16H;/q;;;+2. The second-order valence-corrected chi connectivity index (χ2v) is 17.4. The monoisotopic (exact) mass is 931 g/mol. The van der Waals surface area contributed by atoms with Crippen molar-refractivity contribution in [2.75, 3.05) is 0 Å². The first-order chi connectivity index (χ1) is 26.7. The molecule has 2 aromatic heterocycles. The van der Waals surface area contributed by atoms with Crippen molar-refractivity contribution >= 4 is 69.5 Å². The third kappa shape index (κ3) is 9.61. The van der Waals surface area contributed by atoms with Crippen LogP contribution in [0.25, 0.3) is 21.8 Å². The molecule has 9 rings (SSSR count). The fourth-order valence-electron chi connectivity index (χ4n) is 6.43. The summed E-state index contributed by atoms with van der Waals surface area (Å²) >= 11 is 0. The van der Waals surface area contributed by atoms with Crippen molar-refractivity contribution in [1.82, 2.24) is 9.97 Å². The van der Waals surface area contributed by atoms with Gasteiger partial charge in [-0.1, -0.05) is 121 Å². The normalized spacial score (nSPS) is 10.5. The predicted molar refractivity (Wildman–Crippen MR) is 229 cm³/mol. The quantitative estimate of drug-likeness (QED) is 0.130. The molecule has 0 saturated carbocycles. The molecule has 0 saturated heterocycles. The van der Waals surface area contributed by atoms with Crippen molar-refractivity contribution in [3.63, 3.8) is 0 Å². The van der Waals surface area contributed by atoms with E-state index in [0.717, 1.165) is 0 Å². The van der Waals surface area contributed by atoms with Crippen molar-refractivity contribution in [2.24, 2.45) is 0 Å². The average molecular weight is 932 g/mol. The maximum atomic E-state index is 11.8. The van der Waals surface area contributed by atoms with E-state index in [0.29, 0.717) is 21.8 Å². The van der Waals surface area contributed by atoms with Gasteiger partial charge in [-0.05, 0) is 95.7 Å². The molecule has 0 bridgehead atoms. The van der Waals surface area contributed by atoms with Gasteiger partial charge >= 0.3 is 21.1 Å². The molecule has 0 N–H and O–H groups in total. The summed E-state index contributed by atoms with van der Waals surface area (Å²) < 4.78 is 0. The van der Waals surface area contributed by atoms with Gasteiger partial charge in [0.25, 0.3) is 0 Å². The molecule has 0 fully saturated rings. The maximum absolute atomic E-state index is 11.8. The zero-order chi connectivity index (χ0) is 37.0. The van der Waals surface area contributed by atoms with E-state index in [1.807, 2.05) is 0 Å². The summed E-state index contributed by atoms with van der Waals surface area (Å²) in [5.74, 6) is -1.02. The Morgan fingerprint density at radius 3 is 0.727 bits per heavy atom. The van der Waals surface area contributed by atoms with Crippen molar-refractivity contribution in [3.8, 4) is 11.5 Å². The van der Waals surface area contributed by atoms with Crippen LogP contribution in [0.3, 0.4) is 0 Å². The Morgan fingerprint density at radius 2 is 0.509 bits per heavy atom. The Hall–Kier alpha value is -5.49. The van der Waals surface area contributed by atoms with Crippen LogP contribution in [0.4, 0.5) is 0 Å². The van der Waals surface area contributed by atoms with Crippen molar-refractivity contribution in [1.29, 1.82) is 0 Å². The SMILES string of the molecule is [O-]c1c([O-])c2cccnc2c2ncccc12.[Pt+2].c1ccc([PH+](c2ccccc2)c2ccccc2)cc1.c1ccc([PH+](c2ccccc2)c2ccccc2)cc1. The van der Waals surface area contributed by atoms with Gasteiger partial charge in [0, 0.05) is 12.4 Å². The topological polar surface area (TPSA) is 71.9 Å². The van der Waals surface area contributed by atoms with E-state index in [4.69, 9.17) is 0 Å². The minimum atomic E-state index is -0.877. The Bertz CT molecular complexity index is 2150. The zero-order valence-electron chi connectivity index (χ0n) is 29.8. The molecular formula is C48H38N2O2P2Pt+2. The van der Waals surface area contributed by atoms with Crippen LogP contribution >= 0.6 is 15.8 Å². The van der Waals surface area contributed by atoms with Crippen molar-refractivity contribution < 1.29 is 31.3 Å². The van der Waals surface area contributed by atoms with Crippen LogP contribution in [0.15, 0.2) is 219 Å². The molecule has 4 nitrogen and oxygen atoms in total. The minimum Gasteiger partial charge on any atom is -0.872 e. The molecule has 0 unspecified atom stereocenters. The first-order valence-electron chi connectivity index (χ1n) is 17.7. The molecular weight excluding hydrogens is 894 g/mol. The number of benzene rings is 7. The molecule has 270 valence electrons. The zero-order valence-corrected chi connectivity index (χ0v) is 34.1. The molecule has 0 radical (unpaired) electrons. The van der Waals surface area contributed by atoms with Gasteiger partial charge in [-0.3, -0.25) is 9.97 Å². The van der Waals surface area contributed by atoms with E-state index in [-0.39, 0.29) is 21.1 Å². The molecule has 0 aliphatic carbocycles. The van der Waals surface area contributed by atoms with Crippen molar-refractivity contribution in [3.05, 3.63) is 219 Å². The fraction of sp³-hybridized carbons (Fsp3) is 0. The Morgan fingerprint density at radius 1 is 0.291 bits per heavy atom. The minimum absolute atomic E-state index is 0. The number of pyridine rings is 2. The summed E-state index contributed by atoms with van der Waals surface area (Å²) in [4.78, 5) is 8.22. The van der Waals surface area contributed by atoms with Gasteiger partial charge in [0.1, 0.15) is 31.8 Å². The summed E-state index contributed by atoms with van der Waals surface area (Å²) in [6.45, 7) is 0. The van der Waals surface area contributed by atoms with Crippen molar-refractivity contribution in [2.45, 2.75) is 0 Å². The number of aromatic nitrogens is 2. The number of nitrogens with zero attached hydrogens (tertiary/aromatic N) is 2. The molecule has 2 heterocycles. The van der Waals surface area contributed by atoms with Gasteiger partial charge in [0.2, 0.25) is 0 Å². The van der Waals surface area contributed by atoms with Crippen LogP contribution in [-0.2, 0) is 21.1 Å². The summed E-state index contributed by atoms with van der Waals surface area (Å²) in [6.07, 6.45) is 3.17. The molecule has 9 aromatic rings. The fourth-order valence-corrected chi connectivity index (χ4v) is 11.6. The number of hydrogen-bond donors (Lipinski definition) is 0. The van der Waals surface area contributed by atoms with Gasteiger partial charge < -0.3 is 10.2 Å². The van der Waals surface area contributed by atoms with Crippen LogP contribution in [0.1, 0.15) is 0 Å². The Labute approximate surface area is 339 Å². The third-order valence-corrected chi connectivity index (χ3v) is 14.4. The Kier molecular flexibility index (Phi) is 14.1. The predicted octanol–water partition coefficient (Wildman–Crippen LogP) is 7.28. The number of fused-ring (bicyclic) bond motifs is 3. The van der Waals surface area contributed by atoms with Crippen LogP contribution < -0.4 is 42.0 Å². The van der Waals surface area contributed by atoms with Crippen LogP contribution in [0.2, 0.25) is 0 Å². The van der Waals surface area contributed by atoms with E-state index in [1.165, 1.54) is 31.8 Å². The molecule has 0 spiro atoms. The largest absolute Gasteiger partial charge is 2.00 e. The molecule has 7 heteroatoms. The molecule has 7 aromatic carbocycles. The average Bonchev–Trinajstić information content (AvgIpc) is 3.26. The maximum Gasteiger partial charge on any atom is 2.00 e. The van der Waals surface area contributed by atoms with Gasteiger partial charge in [-0.25, -0.2) is 0 Å². The molecule has 0 amide bonds. The van der Waals surface area contributed by atoms with E-state index in [1.54, 1.807) is 36.7 Å². The molecule has 0 aliphatic heterocycles. The summed E-state index contributed by atoms with van der Waals surface area (Å²) in [7, 11) is -1.75. The second-order valence-electron chi connectivity index (χ2n) is 12.4. The molecule has 0 atom stereocenters. The van der Waals surface area contributed by atoms with E-state index in [9.17, 15) is 10.2 Å². The van der Waals surface area contributed by atoms with Gasteiger partial charge in [-0.2, -0.15) is 0 Å². The number of hydrogen-bond acceptors (Lipinski definition) is 4. The molecule has 0 aliphatic rings. The van der Waals surface area contributed by atoms with E-state index < -0.39 is 27.3 Å². The van der Waals surface area contributed by atoms with E-state index in [2.05, 4.69) is 192 Å². The van der Waals surface area contributed by atoms with Gasteiger partial charge in [0.05, 0.1) is 26.9 Å². The Balaban J connectivity index is 0.000000140. The van der Waals surface area contributed by atoms with Crippen LogP contribution in [-0.4, -0.2) is 9.97 Å². The van der Waals surface area contributed by atoms with Gasteiger partial charge in [0.15, 0.2) is 0 Å². The second kappa shape index (κ2) is 19.7. The molecule has 55 heavy (non-hydrogen) atoms. The number of rotatable bonds is 6. The van der Waals surface area contributed by atoms with E-state index >= 15 is 0 Å². The van der Waals surface area contributed by atoms with Gasteiger partial charge in [-0.15, -0.1) is 11.5 Å². The first-order valence-corrected chi connectivity index (χ1v) is 20.7. The third-order valence-electron chi connectivity index (χ3n) is 8.91. The summed E-state index contributed by atoms with van der Waals surface area (Å²) in [5.41, 5.74) is 0.977.